The molecule has 1 N–H and O–H groups in total. The van der Waals surface area contributed by atoms with Gasteiger partial charge in [-0.3, -0.25) is 9.59 Å². The summed E-state index contributed by atoms with van der Waals surface area (Å²) in [4.78, 5) is 33.6. The van der Waals surface area contributed by atoms with Crippen molar-refractivity contribution in [2.75, 3.05) is 6.54 Å². The van der Waals surface area contributed by atoms with E-state index in [0.29, 0.717) is 28.3 Å². The van der Waals surface area contributed by atoms with Crippen LogP contribution in [0.15, 0.2) is 53.3 Å². The summed E-state index contributed by atoms with van der Waals surface area (Å²) in [6, 6.07) is 14.4. The average Bonchev–Trinajstić information content (AvgIpc) is 2.61. The fraction of sp³-hybridized carbons (Fsp3) is 0.211. The fourth-order valence-electron chi connectivity index (χ4n) is 2.66. The molecule has 6 heteroatoms. The number of fused-ring (bicyclic) bond motifs is 1. The van der Waals surface area contributed by atoms with Gasteiger partial charge in [-0.2, -0.15) is 0 Å². The van der Waals surface area contributed by atoms with E-state index in [-0.39, 0.29) is 24.4 Å². The summed E-state index contributed by atoms with van der Waals surface area (Å²) in [7, 11) is 0. The van der Waals surface area contributed by atoms with E-state index in [9.17, 15) is 9.59 Å². The third-order valence-corrected chi connectivity index (χ3v) is 4.26. The lowest BCUT2D eigenvalue weighted by atomic mass is 10.1. The molecule has 1 heterocycles. The van der Waals surface area contributed by atoms with Crippen LogP contribution in [0.3, 0.4) is 0 Å². The normalized spacial score (nSPS) is 10.8. The van der Waals surface area contributed by atoms with E-state index in [4.69, 9.17) is 11.6 Å². The smallest absolute Gasteiger partial charge is 0.258 e. The zero-order chi connectivity index (χ0) is 17.8. The number of aromatic amines is 1. The number of para-hydroxylation sites is 1. The fourth-order valence-corrected chi connectivity index (χ4v) is 2.78. The number of carbonyl (C=O) groups is 1. The second-order valence-corrected chi connectivity index (χ2v) is 6.18. The van der Waals surface area contributed by atoms with Gasteiger partial charge in [0.2, 0.25) is 5.91 Å². The molecule has 0 saturated heterocycles. The van der Waals surface area contributed by atoms with Crippen molar-refractivity contribution in [2.24, 2.45) is 0 Å². The quantitative estimate of drug-likeness (QED) is 0.764. The number of nitrogens with one attached hydrogen (secondary N) is 1. The molecule has 5 nitrogen and oxygen atoms in total. The topological polar surface area (TPSA) is 66.1 Å². The maximum atomic E-state index is 12.6. The summed E-state index contributed by atoms with van der Waals surface area (Å²) in [5.74, 6) is 0.454. The molecular weight excluding hydrogens is 338 g/mol. The van der Waals surface area contributed by atoms with Gasteiger partial charge in [-0.25, -0.2) is 4.98 Å². The first kappa shape index (κ1) is 17.2. The zero-order valence-electron chi connectivity index (χ0n) is 13.8. The number of hydrogen-bond donors (Lipinski definition) is 1. The lowest BCUT2D eigenvalue weighted by Gasteiger charge is -2.20. The summed E-state index contributed by atoms with van der Waals surface area (Å²) in [5, 5.41) is 1.18. The third kappa shape index (κ3) is 4.06. The van der Waals surface area contributed by atoms with E-state index >= 15 is 0 Å². The minimum absolute atomic E-state index is 0.0272. The summed E-state index contributed by atoms with van der Waals surface area (Å²) < 4.78 is 0. The number of benzene rings is 2. The molecule has 0 atom stereocenters. The van der Waals surface area contributed by atoms with Gasteiger partial charge >= 0.3 is 0 Å². The van der Waals surface area contributed by atoms with E-state index in [1.54, 1.807) is 35.2 Å². The van der Waals surface area contributed by atoms with E-state index in [1.807, 2.05) is 25.1 Å². The Balaban J connectivity index is 1.78. The Bertz CT molecular complexity index is 951. The van der Waals surface area contributed by atoms with Crippen LogP contribution >= 0.6 is 11.6 Å². The Morgan fingerprint density at radius 1 is 1.16 bits per heavy atom. The summed E-state index contributed by atoms with van der Waals surface area (Å²) >= 11 is 5.87. The molecule has 0 radical (unpaired) electrons. The maximum absolute atomic E-state index is 12.6. The highest BCUT2D eigenvalue weighted by Gasteiger charge is 2.15. The highest BCUT2D eigenvalue weighted by molar-refractivity contribution is 6.30. The van der Waals surface area contributed by atoms with Gasteiger partial charge in [0.05, 0.1) is 23.9 Å². The Kier molecular flexibility index (Phi) is 5.14. The van der Waals surface area contributed by atoms with Crippen molar-refractivity contribution in [2.45, 2.75) is 19.9 Å². The Hall–Kier alpha value is -2.66. The lowest BCUT2D eigenvalue weighted by Crippen LogP contribution is -2.33. The van der Waals surface area contributed by atoms with Crippen molar-refractivity contribution in [3.8, 4) is 0 Å². The first-order valence-electron chi connectivity index (χ1n) is 8.07. The summed E-state index contributed by atoms with van der Waals surface area (Å²) in [6.45, 7) is 2.70. The van der Waals surface area contributed by atoms with Crippen molar-refractivity contribution in [1.82, 2.24) is 14.9 Å². The lowest BCUT2D eigenvalue weighted by molar-refractivity contribution is -0.131. The second-order valence-electron chi connectivity index (χ2n) is 5.74. The molecule has 25 heavy (non-hydrogen) atoms. The molecule has 0 unspecified atom stereocenters. The summed E-state index contributed by atoms with van der Waals surface area (Å²) in [6.07, 6.45) is 0.281. The first-order valence-corrected chi connectivity index (χ1v) is 8.44. The average molecular weight is 356 g/mol. The van der Waals surface area contributed by atoms with Gasteiger partial charge in [0.15, 0.2) is 0 Å². The van der Waals surface area contributed by atoms with Crippen molar-refractivity contribution >= 4 is 28.4 Å². The molecule has 0 aliphatic carbocycles. The largest absolute Gasteiger partial charge is 0.335 e. The van der Waals surface area contributed by atoms with Gasteiger partial charge in [0.25, 0.3) is 5.56 Å². The van der Waals surface area contributed by atoms with Crippen LogP contribution in [-0.4, -0.2) is 27.3 Å². The van der Waals surface area contributed by atoms with Gasteiger partial charge < -0.3 is 9.88 Å². The molecule has 1 aromatic heterocycles. The molecule has 3 rings (SSSR count). The molecule has 2 aromatic carbocycles. The Morgan fingerprint density at radius 3 is 2.60 bits per heavy atom. The molecule has 0 aliphatic heterocycles. The third-order valence-electron chi connectivity index (χ3n) is 4.01. The molecule has 1 amide bonds. The molecule has 0 bridgehead atoms. The molecule has 3 aromatic rings. The monoisotopic (exact) mass is 355 g/mol. The van der Waals surface area contributed by atoms with Crippen molar-refractivity contribution in [1.29, 1.82) is 0 Å². The van der Waals surface area contributed by atoms with Crippen LogP contribution in [0.5, 0.6) is 0 Å². The standard InChI is InChI=1S/C19H18ClN3O2/c1-2-23(18(24)11-13-7-9-14(20)10-8-13)12-17-21-16-6-4-3-5-15(16)19(25)22-17/h3-10H,2,11-12H2,1H3,(H,21,22,25). The minimum atomic E-state index is -0.193. The van der Waals surface area contributed by atoms with Crippen molar-refractivity contribution < 1.29 is 4.79 Å². The van der Waals surface area contributed by atoms with E-state index < -0.39 is 0 Å². The number of rotatable bonds is 5. The second kappa shape index (κ2) is 7.49. The molecule has 0 saturated carbocycles. The van der Waals surface area contributed by atoms with Crippen LogP contribution in [0.2, 0.25) is 5.02 Å². The summed E-state index contributed by atoms with van der Waals surface area (Å²) in [5.41, 5.74) is 1.33. The van der Waals surface area contributed by atoms with Crippen molar-refractivity contribution in [3.63, 3.8) is 0 Å². The van der Waals surface area contributed by atoms with Gasteiger partial charge in [-0.1, -0.05) is 35.9 Å². The number of H-pyrrole nitrogens is 1. The van der Waals surface area contributed by atoms with E-state index in [1.165, 1.54) is 0 Å². The van der Waals surface area contributed by atoms with Crippen LogP contribution in [0.4, 0.5) is 0 Å². The van der Waals surface area contributed by atoms with Crippen LogP contribution in [-0.2, 0) is 17.8 Å². The van der Waals surface area contributed by atoms with Gasteiger partial charge in [0.1, 0.15) is 5.82 Å². The van der Waals surface area contributed by atoms with Crippen LogP contribution in [0.25, 0.3) is 10.9 Å². The molecular formula is C19H18ClN3O2. The number of amides is 1. The minimum Gasteiger partial charge on any atom is -0.335 e. The zero-order valence-corrected chi connectivity index (χ0v) is 14.6. The predicted molar refractivity (Wildman–Crippen MR) is 98.6 cm³/mol. The SMILES string of the molecule is CCN(Cc1nc2ccccc2c(=O)[nH]1)C(=O)Cc1ccc(Cl)cc1. The number of halogens is 1. The number of nitrogens with zero attached hydrogens (tertiary/aromatic N) is 2. The molecule has 0 fully saturated rings. The number of aromatic nitrogens is 2. The number of carbonyl (C=O) groups excluding carboxylic acids is 1. The van der Waals surface area contributed by atoms with E-state index in [0.717, 1.165) is 5.56 Å². The highest BCUT2D eigenvalue weighted by Crippen LogP contribution is 2.12. The van der Waals surface area contributed by atoms with Crippen molar-refractivity contribution in [3.05, 3.63) is 75.3 Å². The highest BCUT2D eigenvalue weighted by atomic mass is 35.5. The van der Waals surface area contributed by atoms with E-state index in [2.05, 4.69) is 9.97 Å². The van der Waals surface area contributed by atoms with Crippen LogP contribution < -0.4 is 5.56 Å². The van der Waals surface area contributed by atoms with Gasteiger partial charge in [0, 0.05) is 11.6 Å². The Morgan fingerprint density at radius 2 is 1.88 bits per heavy atom. The van der Waals surface area contributed by atoms with Gasteiger partial charge in [-0.15, -0.1) is 0 Å². The molecule has 128 valence electrons. The number of hydrogen-bond acceptors (Lipinski definition) is 3. The van der Waals surface area contributed by atoms with Gasteiger partial charge in [-0.05, 0) is 36.8 Å². The Labute approximate surface area is 150 Å². The predicted octanol–water partition coefficient (Wildman–Crippen LogP) is 3.17. The molecule has 0 aliphatic rings. The molecule has 0 spiro atoms. The van der Waals surface area contributed by atoms with Crippen LogP contribution in [0.1, 0.15) is 18.3 Å². The maximum Gasteiger partial charge on any atom is 0.258 e. The first-order chi connectivity index (χ1) is 12.1. The number of likely N-dealkylation sites (N-methyl/N-ethyl adjacent to an activating group) is 1. The van der Waals surface area contributed by atoms with Crippen LogP contribution in [0, 0.1) is 0 Å².